The molecule has 1 fully saturated rings. The summed E-state index contributed by atoms with van der Waals surface area (Å²) in [4.78, 5) is 36.4. The monoisotopic (exact) mass is 380 g/mol. The summed E-state index contributed by atoms with van der Waals surface area (Å²) in [6.07, 6.45) is 1.73. The van der Waals surface area contributed by atoms with E-state index in [1.807, 2.05) is 42.2 Å². The van der Waals surface area contributed by atoms with Gasteiger partial charge in [-0.2, -0.15) is 0 Å². The van der Waals surface area contributed by atoms with Crippen molar-refractivity contribution in [1.82, 2.24) is 14.9 Å². The molecule has 1 atom stereocenters. The van der Waals surface area contributed by atoms with Crippen LogP contribution in [0.2, 0.25) is 0 Å². The van der Waals surface area contributed by atoms with Crippen LogP contribution in [0.1, 0.15) is 50.2 Å². The van der Waals surface area contributed by atoms with E-state index in [0.717, 1.165) is 29.4 Å². The van der Waals surface area contributed by atoms with E-state index in [-0.39, 0.29) is 11.8 Å². The summed E-state index contributed by atoms with van der Waals surface area (Å²) >= 11 is 1.37. The molecule has 2 amide bonds. The zero-order chi connectivity index (χ0) is 19.0. The van der Waals surface area contributed by atoms with Crippen LogP contribution in [0.15, 0.2) is 35.8 Å². The fourth-order valence-electron chi connectivity index (χ4n) is 3.67. The maximum atomic E-state index is 12.9. The van der Waals surface area contributed by atoms with Crippen LogP contribution in [0, 0.1) is 6.92 Å². The lowest BCUT2D eigenvalue weighted by molar-refractivity contribution is 0.0710. The molecule has 1 saturated heterocycles. The molecule has 6 nitrogen and oxygen atoms in total. The van der Waals surface area contributed by atoms with Crippen molar-refractivity contribution >= 4 is 34.1 Å². The molecule has 3 aromatic rings. The fourth-order valence-corrected chi connectivity index (χ4v) is 4.44. The van der Waals surface area contributed by atoms with E-state index in [4.69, 9.17) is 10.7 Å². The minimum atomic E-state index is -0.481. The molecular weight excluding hydrogens is 360 g/mol. The number of pyridine rings is 1. The van der Waals surface area contributed by atoms with Gasteiger partial charge in [-0.15, -0.1) is 11.3 Å². The molecule has 2 aromatic heterocycles. The number of rotatable bonds is 3. The van der Waals surface area contributed by atoms with Crippen LogP contribution in [-0.4, -0.2) is 39.8 Å². The van der Waals surface area contributed by atoms with E-state index in [0.29, 0.717) is 29.2 Å². The average Bonchev–Trinajstić information content (AvgIpc) is 3.12. The first-order valence-electron chi connectivity index (χ1n) is 8.93. The standard InChI is InChI=1S/C20H20N4O2S/c1-12-18(27-11-22-12)20(26)24-8-4-6-14(10-24)17-15(19(21)25)9-13-5-2-3-7-16(13)23-17/h2-3,5,7,9,11,14H,4,6,8,10H2,1H3,(H2,21,25). The molecule has 1 unspecified atom stereocenters. The fraction of sp³-hybridized carbons (Fsp3) is 0.300. The van der Waals surface area contributed by atoms with Gasteiger partial charge in [-0.1, -0.05) is 18.2 Å². The van der Waals surface area contributed by atoms with Gasteiger partial charge in [0.25, 0.3) is 11.8 Å². The number of amides is 2. The van der Waals surface area contributed by atoms with E-state index >= 15 is 0 Å². The van der Waals surface area contributed by atoms with Crippen LogP contribution >= 0.6 is 11.3 Å². The van der Waals surface area contributed by atoms with Crippen molar-refractivity contribution < 1.29 is 9.59 Å². The summed E-state index contributed by atoms with van der Waals surface area (Å²) in [5, 5.41) is 0.888. The van der Waals surface area contributed by atoms with E-state index in [1.54, 1.807) is 5.51 Å². The van der Waals surface area contributed by atoms with Gasteiger partial charge in [0.05, 0.1) is 28.0 Å². The number of para-hydroxylation sites is 1. The van der Waals surface area contributed by atoms with Crippen molar-refractivity contribution in [2.75, 3.05) is 13.1 Å². The molecule has 4 rings (SSSR count). The summed E-state index contributed by atoms with van der Waals surface area (Å²) in [6, 6.07) is 9.49. The van der Waals surface area contributed by atoms with E-state index in [9.17, 15) is 9.59 Å². The third-order valence-electron chi connectivity index (χ3n) is 5.05. The van der Waals surface area contributed by atoms with Crippen LogP contribution in [-0.2, 0) is 0 Å². The number of aryl methyl sites for hydroxylation is 1. The van der Waals surface area contributed by atoms with Gasteiger partial charge >= 0.3 is 0 Å². The Balaban J connectivity index is 1.68. The van der Waals surface area contributed by atoms with Crippen molar-refractivity contribution in [3.8, 4) is 0 Å². The van der Waals surface area contributed by atoms with Gasteiger partial charge < -0.3 is 10.6 Å². The highest BCUT2D eigenvalue weighted by Crippen LogP contribution is 2.31. The molecule has 0 radical (unpaired) electrons. The molecule has 0 bridgehead atoms. The summed E-state index contributed by atoms with van der Waals surface area (Å²) in [5.74, 6) is -0.492. The molecule has 0 spiro atoms. The first-order valence-corrected chi connectivity index (χ1v) is 9.81. The molecule has 1 aromatic carbocycles. The number of primary amides is 1. The number of benzene rings is 1. The van der Waals surface area contributed by atoms with Gasteiger partial charge in [0.1, 0.15) is 4.88 Å². The van der Waals surface area contributed by atoms with Crippen LogP contribution < -0.4 is 5.73 Å². The van der Waals surface area contributed by atoms with Crippen molar-refractivity contribution in [2.24, 2.45) is 5.73 Å². The number of nitrogens with zero attached hydrogens (tertiary/aromatic N) is 3. The maximum Gasteiger partial charge on any atom is 0.265 e. The number of aromatic nitrogens is 2. The molecule has 3 heterocycles. The lowest BCUT2D eigenvalue weighted by Gasteiger charge is -2.33. The molecule has 0 saturated carbocycles. The Bertz CT molecular complexity index is 1030. The molecule has 7 heteroatoms. The van der Waals surface area contributed by atoms with Crippen molar-refractivity contribution in [2.45, 2.75) is 25.7 Å². The second-order valence-corrected chi connectivity index (χ2v) is 7.69. The van der Waals surface area contributed by atoms with Gasteiger partial charge in [0.15, 0.2) is 0 Å². The molecular formula is C20H20N4O2S. The average molecular weight is 380 g/mol. The number of fused-ring (bicyclic) bond motifs is 1. The summed E-state index contributed by atoms with van der Waals surface area (Å²) < 4.78 is 0. The third-order valence-corrected chi connectivity index (χ3v) is 5.97. The number of thiazole rings is 1. The third kappa shape index (κ3) is 3.30. The van der Waals surface area contributed by atoms with Crippen molar-refractivity contribution in [1.29, 1.82) is 0 Å². The maximum absolute atomic E-state index is 12.9. The Morgan fingerprint density at radius 1 is 1.30 bits per heavy atom. The highest BCUT2D eigenvalue weighted by Gasteiger charge is 2.30. The zero-order valence-electron chi connectivity index (χ0n) is 15.0. The van der Waals surface area contributed by atoms with E-state index in [1.165, 1.54) is 11.3 Å². The predicted molar refractivity (Wildman–Crippen MR) is 105 cm³/mol. The lowest BCUT2D eigenvalue weighted by Crippen LogP contribution is -2.39. The largest absolute Gasteiger partial charge is 0.366 e. The normalized spacial score (nSPS) is 17.2. The van der Waals surface area contributed by atoms with Crippen molar-refractivity contribution in [3.05, 3.63) is 57.7 Å². The van der Waals surface area contributed by atoms with Gasteiger partial charge in [0.2, 0.25) is 0 Å². The first-order chi connectivity index (χ1) is 13.0. The first kappa shape index (κ1) is 17.6. The Kier molecular flexibility index (Phi) is 4.61. The van der Waals surface area contributed by atoms with E-state index < -0.39 is 5.91 Å². The smallest absolute Gasteiger partial charge is 0.265 e. The highest BCUT2D eigenvalue weighted by atomic mass is 32.1. The topological polar surface area (TPSA) is 89.2 Å². The van der Waals surface area contributed by atoms with Gasteiger partial charge in [-0.25, -0.2) is 4.98 Å². The minimum absolute atomic E-state index is 0.00103. The van der Waals surface area contributed by atoms with Crippen LogP contribution in [0.5, 0.6) is 0 Å². The highest BCUT2D eigenvalue weighted by molar-refractivity contribution is 7.11. The summed E-state index contributed by atoms with van der Waals surface area (Å²) in [5.41, 5.74) is 10.1. The number of carbonyl (C=O) groups excluding carboxylic acids is 2. The molecule has 0 aliphatic carbocycles. The van der Waals surface area contributed by atoms with Crippen molar-refractivity contribution in [3.63, 3.8) is 0 Å². The van der Waals surface area contributed by atoms with Crippen LogP contribution in [0.4, 0.5) is 0 Å². The Morgan fingerprint density at radius 3 is 2.85 bits per heavy atom. The van der Waals surface area contributed by atoms with Gasteiger partial charge in [-0.3, -0.25) is 14.6 Å². The van der Waals surface area contributed by atoms with Crippen LogP contribution in [0.3, 0.4) is 0 Å². The quantitative estimate of drug-likeness (QED) is 0.756. The zero-order valence-corrected chi connectivity index (χ0v) is 15.8. The number of hydrogen-bond donors (Lipinski definition) is 1. The SMILES string of the molecule is Cc1ncsc1C(=O)N1CCCC(c2nc3ccccc3cc2C(N)=O)C1. The molecule has 2 N–H and O–H groups in total. The minimum Gasteiger partial charge on any atom is -0.366 e. The number of piperidine rings is 1. The van der Waals surface area contributed by atoms with E-state index in [2.05, 4.69) is 4.98 Å². The number of likely N-dealkylation sites (tertiary alicyclic amines) is 1. The second kappa shape index (κ2) is 7.08. The number of carbonyl (C=O) groups is 2. The molecule has 27 heavy (non-hydrogen) atoms. The molecule has 1 aliphatic heterocycles. The Labute approximate surface area is 161 Å². The second-order valence-electron chi connectivity index (χ2n) is 6.84. The number of nitrogens with two attached hydrogens (primary N) is 1. The molecule has 1 aliphatic rings. The van der Waals surface area contributed by atoms with Gasteiger partial charge in [-0.05, 0) is 31.9 Å². The molecule has 138 valence electrons. The predicted octanol–water partition coefficient (Wildman–Crippen LogP) is 3.12. The summed E-state index contributed by atoms with van der Waals surface area (Å²) in [7, 11) is 0. The van der Waals surface area contributed by atoms with Gasteiger partial charge in [0, 0.05) is 24.4 Å². The Morgan fingerprint density at radius 2 is 2.11 bits per heavy atom. The number of hydrogen-bond acceptors (Lipinski definition) is 5. The Hall–Kier alpha value is -2.80. The lowest BCUT2D eigenvalue weighted by atomic mass is 9.90. The summed E-state index contributed by atoms with van der Waals surface area (Å²) in [6.45, 7) is 3.08. The van der Waals surface area contributed by atoms with Crippen LogP contribution in [0.25, 0.3) is 10.9 Å².